The van der Waals surface area contributed by atoms with Crippen LogP contribution in [-0.4, -0.2) is 36.9 Å². The Morgan fingerprint density at radius 1 is 1.60 bits per heavy atom. The van der Waals surface area contributed by atoms with Crippen LogP contribution in [0.4, 0.5) is 0 Å². The molecule has 1 aromatic rings. The first-order chi connectivity index (χ1) is 7.40. The number of piperidine rings is 1. The predicted molar refractivity (Wildman–Crippen MR) is 54.7 cm³/mol. The van der Waals surface area contributed by atoms with Gasteiger partial charge < -0.3 is 14.6 Å². The zero-order valence-corrected chi connectivity index (χ0v) is 9.03. The fourth-order valence-electron chi connectivity index (χ4n) is 1.80. The molecule has 1 aliphatic heterocycles. The number of ether oxygens (including phenoxy) is 1. The van der Waals surface area contributed by atoms with Crippen LogP contribution in [0, 0.1) is 0 Å². The average Bonchev–Trinajstić information content (AvgIpc) is 2.76. The lowest BCUT2D eigenvalue weighted by molar-refractivity contribution is 0.192. The highest BCUT2D eigenvalue weighted by Crippen LogP contribution is 2.20. The van der Waals surface area contributed by atoms with Crippen molar-refractivity contribution < 1.29 is 9.26 Å². The van der Waals surface area contributed by atoms with Gasteiger partial charge in [0.05, 0.1) is 13.0 Å². The zero-order valence-electron chi connectivity index (χ0n) is 9.03. The SMILES string of the molecule is COCCc1nc(C2CCCNC2)no1. The van der Waals surface area contributed by atoms with Crippen molar-refractivity contribution in [2.24, 2.45) is 0 Å². The summed E-state index contributed by atoms with van der Waals surface area (Å²) in [5, 5.41) is 7.35. The molecule has 0 aromatic carbocycles. The maximum atomic E-state index is 5.15. The van der Waals surface area contributed by atoms with E-state index in [0.29, 0.717) is 24.8 Å². The maximum absolute atomic E-state index is 5.15. The van der Waals surface area contributed by atoms with Gasteiger partial charge in [-0.15, -0.1) is 0 Å². The summed E-state index contributed by atoms with van der Waals surface area (Å²) in [5.41, 5.74) is 0. The highest BCUT2D eigenvalue weighted by molar-refractivity contribution is 4.98. The summed E-state index contributed by atoms with van der Waals surface area (Å²) < 4.78 is 10.1. The molecule has 1 aliphatic rings. The minimum absolute atomic E-state index is 0.416. The number of rotatable bonds is 4. The molecule has 0 aliphatic carbocycles. The fourth-order valence-corrected chi connectivity index (χ4v) is 1.80. The van der Waals surface area contributed by atoms with Crippen LogP contribution in [-0.2, 0) is 11.2 Å². The van der Waals surface area contributed by atoms with Crippen molar-refractivity contribution in [1.29, 1.82) is 0 Å². The van der Waals surface area contributed by atoms with Crippen molar-refractivity contribution in [3.63, 3.8) is 0 Å². The molecule has 1 N–H and O–H groups in total. The van der Waals surface area contributed by atoms with Gasteiger partial charge in [0.2, 0.25) is 5.89 Å². The van der Waals surface area contributed by atoms with E-state index < -0.39 is 0 Å². The standard InChI is InChI=1S/C10H17N3O2/c1-14-6-4-9-12-10(13-15-9)8-3-2-5-11-7-8/h8,11H,2-7H2,1H3. The summed E-state index contributed by atoms with van der Waals surface area (Å²) >= 11 is 0. The second kappa shape index (κ2) is 5.23. The van der Waals surface area contributed by atoms with Crippen molar-refractivity contribution in [2.75, 3.05) is 26.8 Å². The number of hydrogen-bond donors (Lipinski definition) is 1. The minimum Gasteiger partial charge on any atom is -0.384 e. The highest BCUT2D eigenvalue weighted by atomic mass is 16.5. The van der Waals surface area contributed by atoms with Crippen LogP contribution in [0.2, 0.25) is 0 Å². The monoisotopic (exact) mass is 211 g/mol. The number of aromatic nitrogens is 2. The van der Waals surface area contributed by atoms with Crippen molar-refractivity contribution in [3.05, 3.63) is 11.7 Å². The second-order valence-corrected chi connectivity index (χ2v) is 3.83. The van der Waals surface area contributed by atoms with E-state index in [1.54, 1.807) is 7.11 Å². The molecule has 0 saturated carbocycles. The first kappa shape index (κ1) is 10.6. The molecular formula is C10H17N3O2. The molecule has 2 rings (SSSR count). The van der Waals surface area contributed by atoms with E-state index >= 15 is 0 Å². The Morgan fingerprint density at radius 3 is 3.27 bits per heavy atom. The molecule has 0 amide bonds. The highest BCUT2D eigenvalue weighted by Gasteiger charge is 2.20. The van der Waals surface area contributed by atoms with Crippen LogP contribution >= 0.6 is 0 Å². The van der Waals surface area contributed by atoms with Crippen LogP contribution in [0.25, 0.3) is 0 Å². The molecule has 1 aromatic heterocycles. The molecule has 84 valence electrons. The Bertz CT molecular complexity index is 295. The molecule has 0 bridgehead atoms. The second-order valence-electron chi connectivity index (χ2n) is 3.83. The third-order valence-electron chi connectivity index (χ3n) is 2.67. The van der Waals surface area contributed by atoms with Gasteiger partial charge in [-0.05, 0) is 19.4 Å². The van der Waals surface area contributed by atoms with Crippen LogP contribution in [0.3, 0.4) is 0 Å². The number of hydrogen-bond acceptors (Lipinski definition) is 5. The molecule has 2 heterocycles. The van der Waals surface area contributed by atoms with E-state index in [2.05, 4.69) is 15.5 Å². The molecule has 5 heteroatoms. The Hall–Kier alpha value is -0.940. The Balaban J connectivity index is 1.93. The van der Waals surface area contributed by atoms with E-state index in [-0.39, 0.29) is 0 Å². The van der Waals surface area contributed by atoms with Gasteiger partial charge in [-0.3, -0.25) is 0 Å². The largest absolute Gasteiger partial charge is 0.384 e. The Labute approximate surface area is 89.2 Å². The van der Waals surface area contributed by atoms with Gasteiger partial charge in [-0.1, -0.05) is 5.16 Å². The summed E-state index contributed by atoms with van der Waals surface area (Å²) in [4.78, 5) is 4.37. The van der Waals surface area contributed by atoms with Crippen molar-refractivity contribution >= 4 is 0 Å². The first-order valence-corrected chi connectivity index (χ1v) is 5.42. The molecule has 15 heavy (non-hydrogen) atoms. The molecule has 1 fully saturated rings. The third kappa shape index (κ3) is 2.76. The van der Waals surface area contributed by atoms with Crippen molar-refractivity contribution in [2.45, 2.75) is 25.2 Å². The Kier molecular flexibility index (Phi) is 3.69. The summed E-state index contributed by atoms with van der Waals surface area (Å²) in [6, 6.07) is 0. The van der Waals surface area contributed by atoms with Gasteiger partial charge in [-0.2, -0.15) is 4.98 Å². The molecule has 0 spiro atoms. The lowest BCUT2D eigenvalue weighted by Crippen LogP contribution is -2.28. The zero-order chi connectivity index (χ0) is 10.5. The van der Waals surface area contributed by atoms with E-state index in [0.717, 1.165) is 25.3 Å². The molecule has 1 unspecified atom stereocenters. The molecular weight excluding hydrogens is 194 g/mol. The summed E-state index contributed by atoms with van der Waals surface area (Å²) in [6.07, 6.45) is 3.03. The van der Waals surface area contributed by atoms with Crippen molar-refractivity contribution in [1.82, 2.24) is 15.5 Å². The van der Waals surface area contributed by atoms with Crippen LogP contribution in [0.5, 0.6) is 0 Å². The number of nitrogens with one attached hydrogen (secondary N) is 1. The van der Waals surface area contributed by atoms with Gasteiger partial charge in [-0.25, -0.2) is 0 Å². The molecule has 0 radical (unpaired) electrons. The number of nitrogens with zero attached hydrogens (tertiary/aromatic N) is 2. The lowest BCUT2D eigenvalue weighted by Gasteiger charge is -2.19. The topological polar surface area (TPSA) is 60.2 Å². The average molecular weight is 211 g/mol. The normalized spacial score (nSPS) is 21.8. The summed E-state index contributed by atoms with van der Waals surface area (Å²) in [5.74, 6) is 1.93. The van der Waals surface area contributed by atoms with Gasteiger partial charge in [0.1, 0.15) is 0 Å². The summed E-state index contributed by atoms with van der Waals surface area (Å²) in [7, 11) is 1.67. The quantitative estimate of drug-likeness (QED) is 0.795. The number of methoxy groups -OCH3 is 1. The van der Waals surface area contributed by atoms with Crippen LogP contribution in [0.15, 0.2) is 4.52 Å². The van der Waals surface area contributed by atoms with E-state index in [9.17, 15) is 0 Å². The van der Waals surface area contributed by atoms with Crippen LogP contribution in [0.1, 0.15) is 30.5 Å². The Morgan fingerprint density at radius 2 is 2.53 bits per heavy atom. The predicted octanol–water partition coefficient (Wildman–Crippen LogP) is 0.726. The van der Waals surface area contributed by atoms with Gasteiger partial charge in [0, 0.05) is 19.6 Å². The van der Waals surface area contributed by atoms with Crippen LogP contribution < -0.4 is 5.32 Å². The molecule has 1 saturated heterocycles. The van der Waals surface area contributed by atoms with Gasteiger partial charge in [0.15, 0.2) is 5.82 Å². The van der Waals surface area contributed by atoms with Gasteiger partial charge >= 0.3 is 0 Å². The minimum atomic E-state index is 0.416. The lowest BCUT2D eigenvalue weighted by atomic mass is 9.99. The third-order valence-corrected chi connectivity index (χ3v) is 2.67. The molecule has 5 nitrogen and oxygen atoms in total. The van der Waals surface area contributed by atoms with E-state index in [4.69, 9.17) is 9.26 Å². The first-order valence-electron chi connectivity index (χ1n) is 5.42. The van der Waals surface area contributed by atoms with Crippen molar-refractivity contribution in [3.8, 4) is 0 Å². The summed E-state index contributed by atoms with van der Waals surface area (Å²) in [6.45, 7) is 2.69. The van der Waals surface area contributed by atoms with E-state index in [1.165, 1.54) is 6.42 Å². The fraction of sp³-hybridized carbons (Fsp3) is 0.800. The smallest absolute Gasteiger partial charge is 0.228 e. The van der Waals surface area contributed by atoms with Gasteiger partial charge in [0.25, 0.3) is 0 Å². The molecule has 1 atom stereocenters. The van der Waals surface area contributed by atoms with E-state index in [1.807, 2.05) is 0 Å². The maximum Gasteiger partial charge on any atom is 0.228 e.